The van der Waals surface area contributed by atoms with E-state index in [4.69, 9.17) is 0 Å². The van der Waals surface area contributed by atoms with Crippen LogP contribution in [-0.4, -0.2) is 61.2 Å². The molecule has 1 aliphatic heterocycles. The van der Waals surface area contributed by atoms with Gasteiger partial charge in [0.1, 0.15) is 0 Å². The summed E-state index contributed by atoms with van der Waals surface area (Å²) in [5, 5.41) is 3.60. The Morgan fingerprint density at radius 1 is 1.31 bits per heavy atom. The summed E-state index contributed by atoms with van der Waals surface area (Å²) < 4.78 is 0. The Balaban J connectivity index is 2.28. The minimum absolute atomic E-state index is 0.646. The predicted molar refractivity (Wildman–Crippen MR) is 70.9 cm³/mol. The molecule has 0 aromatic carbocycles. The Morgan fingerprint density at radius 2 is 2.00 bits per heavy atom. The molecule has 0 aromatic rings. The molecule has 0 saturated carbocycles. The number of rotatable bonds is 5. The van der Waals surface area contributed by atoms with Gasteiger partial charge in [-0.3, -0.25) is 4.90 Å². The summed E-state index contributed by atoms with van der Waals surface area (Å²) in [5.41, 5.74) is 0. The fraction of sp³-hybridized carbons (Fsp3) is 1.00. The molecule has 3 unspecified atom stereocenters. The molecule has 1 N–H and O–H groups in total. The smallest absolute Gasteiger partial charge is 0.0193 e. The second-order valence-corrected chi connectivity index (χ2v) is 5.39. The standard InChI is InChI=1S/C13H29N3/c1-6-11(2)14-9-12(3)16-8-7-15(5)13(4)10-16/h11-14H,6-10H2,1-5H3. The maximum absolute atomic E-state index is 3.60. The summed E-state index contributed by atoms with van der Waals surface area (Å²) in [7, 11) is 2.23. The van der Waals surface area contributed by atoms with Crippen molar-refractivity contribution in [3.05, 3.63) is 0 Å². The minimum Gasteiger partial charge on any atom is -0.313 e. The van der Waals surface area contributed by atoms with Crippen LogP contribution in [0.15, 0.2) is 0 Å². The fourth-order valence-corrected chi connectivity index (χ4v) is 2.12. The number of hydrogen-bond donors (Lipinski definition) is 1. The summed E-state index contributed by atoms with van der Waals surface area (Å²) in [5.74, 6) is 0. The lowest BCUT2D eigenvalue weighted by atomic mass is 10.1. The second kappa shape index (κ2) is 6.58. The van der Waals surface area contributed by atoms with Gasteiger partial charge in [0.25, 0.3) is 0 Å². The van der Waals surface area contributed by atoms with Crippen LogP contribution < -0.4 is 5.32 Å². The van der Waals surface area contributed by atoms with E-state index in [1.54, 1.807) is 0 Å². The molecule has 16 heavy (non-hydrogen) atoms. The normalized spacial score (nSPS) is 27.9. The van der Waals surface area contributed by atoms with Crippen LogP contribution in [-0.2, 0) is 0 Å². The van der Waals surface area contributed by atoms with Crippen molar-refractivity contribution in [2.75, 3.05) is 33.2 Å². The van der Waals surface area contributed by atoms with Crippen LogP contribution in [0, 0.1) is 0 Å². The summed E-state index contributed by atoms with van der Waals surface area (Å²) in [6.45, 7) is 13.9. The van der Waals surface area contributed by atoms with Crippen molar-refractivity contribution in [2.24, 2.45) is 0 Å². The third-order valence-electron chi connectivity index (χ3n) is 3.99. The van der Waals surface area contributed by atoms with Gasteiger partial charge >= 0.3 is 0 Å². The van der Waals surface area contributed by atoms with E-state index in [9.17, 15) is 0 Å². The Morgan fingerprint density at radius 3 is 2.56 bits per heavy atom. The number of hydrogen-bond acceptors (Lipinski definition) is 3. The van der Waals surface area contributed by atoms with Gasteiger partial charge in [0, 0.05) is 44.3 Å². The van der Waals surface area contributed by atoms with Crippen molar-refractivity contribution >= 4 is 0 Å². The molecule has 0 aliphatic carbocycles. The van der Waals surface area contributed by atoms with Crippen molar-refractivity contribution < 1.29 is 0 Å². The monoisotopic (exact) mass is 227 g/mol. The molecule has 0 bridgehead atoms. The lowest BCUT2D eigenvalue weighted by Gasteiger charge is -2.41. The average Bonchev–Trinajstić information content (AvgIpc) is 2.29. The number of likely N-dealkylation sites (N-methyl/N-ethyl adjacent to an activating group) is 1. The number of piperazine rings is 1. The van der Waals surface area contributed by atoms with Gasteiger partial charge in [-0.05, 0) is 34.2 Å². The topological polar surface area (TPSA) is 18.5 Å². The molecule has 1 aliphatic rings. The molecule has 0 aromatic heterocycles. The number of nitrogens with one attached hydrogen (secondary N) is 1. The first kappa shape index (κ1) is 13.9. The van der Waals surface area contributed by atoms with E-state index in [0.717, 1.165) is 6.54 Å². The highest BCUT2D eigenvalue weighted by Gasteiger charge is 2.23. The van der Waals surface area contributed by atoms with Gasteiger partial charge in [-0.25, -0.2) is 0 Å². The highest BCUT2D eigenvalue weighted by atomic mass is 15.3. The maximum Gasteiger partial charge on any atom is 0.0193 e. The number of nitrogens with zero attached hydrogens (tertiary/aromatic N) is 2. The van der Waals surface area contributed by atoms with Crippen LogP contribution in [0.5, 0.6) is 0 Å². The Hall–Kier alpha value is -0.120. The quantitative estimate of drug-likeness (QED) is 0.766. The van der Waals surface area contributed by atoms with Gasteiger partial charge in [0.15, 0.2) is 0 Å². The van der Waals surface area contributed by atoms with Crippen molar-refractivity contribution in [3.8, 4) is 0 Å². The Kier molecular flexibility index (Phi) is 5.73. The lowest BCUT2D eigenvalue weighted by Crippen LogP contribution is -2.55. The molecule has 1 heterocycles. The molecule has 1 rings (SSSR count). The first-order valence-electron chi connectivity index (χ1n) is 6.72. The third-order valence-corrected chi connectivity index (χ3v) is 3.99. The van der Waals surface area contributed by atoms with Crippen LogP contribution in [0.1, 0.15) is 34.1 Å². The molecule has 0 spiro atoms. The van der Waals surface area contributed by atoms with Gasteiger partial charge in [0.2, 0.25) is 0 Å². The van der Waals surface area contributed by atoms with Crippen LogP contribution in [0.4, 0.5) is 0 Å². The largest absolute Gasteiger partial charge is 0.313 e. The summed E-state index contributed by atoms with van der Waals surface area (Å²) >= 11 is 0. The fourth-order valence-electron chi connectivity index (χ4n) is 2.12. The molecule has 3 atom stereocenters. The second-order valence-electron chi connectivity index (χ2n) is 5.39. The van der Waals surface area contributed by atoms with E-state index in [1.165, 1.54) is 26.1 Å². The van der Waals surface area contributed by atoms with Crippen LogP contribution in [0.2, 0.25) is 0 Å². The molecule has 3 nitrogen and oxygen atoms in total. The van der Waals surface area contributed by atoms with E-state index >= 15 is 0 Å². The molecule has 96 valence electrons. The van der Waals surface area contributed by atoms with Gasteiger partial charge in [-0.15, -0.1) is 0 Å². The maximum atomic E-state index is 3.60. The van der Waals surface area contributed by atoms with Crippen molar-refractivity contribution in [1.82, 2.24) is 15.1 Å². The molecule has 0 amide bonds. The molecule has 1 fully saturated rings. The Bertz CT molecular complexity index is 196. The molecule has 1 saturated heterocycles. The molecule has 0 radical (unpaired) electrons. The summed E-state index contributed by atoms with van der Waals surface area (Å²) in [6.07, 6.45) is 1.21. The highest BCUT2D eigenvalue weighted by Crippen LogP contribution is 2.10. The predicted octanol–water partition coefficient (Wildman–Crippen LogP) is 1.40. The zero-order chi connectivity index (χ0) is 12.1. The Labute approximate surface area is 101 Å². The van der Waals surface area contributed by atoms with E-state index < -0.39 is 0 Å². The molecular formula is C13H29N3. The van der Waals surface area contributed by atoms with Crippen LogP contribution in [0.3, 0.4) is 0 Å². The average molecular weight is 227 g/mol. The van der Waals surface area contributed by atoms with Crippen molar-refractivity contribution in [1.29, 1.82) is 0 Å². The van der Waals surface area contributed by atoms with Gasteiger partial charge < -0.3 is 10.2 Å². The van der Waals surface area contributed by atoms with E-state index in [-0.39, 0.29) is 0 Å². The summed E-state index contributed by atoms with van der Waals surface area (Å²) in [4.78, 5) is 5.06. The first-order chi connectivity index (χ1) is 7.54. The zero-order valence-electron chi connectivity index (χ0n) is 11.7. The van der Waals surface area contributed by atoms with Gasteiger partial charge in [-0.2, -0.15) is 0 Å². The van der Waals surface area contributed by atoms with E-state index in [2.05, 4.69) is 49.9 Å². The van der Waals surface area contributed by atoms with Crippen molar-refractivity contribution in [2.45, 2.75) is 52.2 Å². The van der Waals surface area contributed by atoms with E-state index in [1.807, 2.05) is 0 Å². The highest BCUT2D eigenvalue weighted by molar-refractivity contribution is 4.81. The lowest BCUT2D eigenvalue weighted by molar-refractivity contribution is 0.0765. The minimum atomic E-state index is 0.646. The molecular weight excluding hydrogens is 198 g/mol. The van der Waals surface area contributed by atoms with Gasteiger partial charge in [-0.1, -0.05) is 6.92 Å². The SMILES string of the molecule is CCC(C)NCC(C)N1CCN(C)C(C)C1. The van der Waals surface area contributed by atoms with Crippen LogP contribution >= 0.6 is 0 Å². The zero-order valence-corrected chi connectivity index (χ0v) is 11.7. The third kappa shape index (κ3) is 4.04. The van der Waals surface area contributed by atoms with Crippen LogP contribution in [0.25, 0.3) is 0 Å². The van der Waals surface area contributed by atoms with Crippen molar-refractivity contribution in [3.63, 3.8) is 0 Å². The van der Waals surface area contributed by atoms with Gasteiger partial charge in [0.05, 0.1) is 0 Å². The summed E-state index contributed by atoms with van der Waals surface area (Å²) in [6, 6.07) is 2.00. The molecule has 3 heteroatoms. The van der Waals surface area contributed by atoms with E-state index in [0.29, 0.717) is 18.1 Å². The first-order valence-corrected chi connectivity index (χ1v) is 6.72.